The standard InChI is InChI=1S/C40H25N3S/c1-3-11-26(12-4-1)27-19-22-30(23-20-27)43-34-17-9-7-15-31(34)33-25-29(21-24-35(33)43)40-41-37(28-13-5-2-6-14-28)39-38(42-40)32-16-8-10-18-36(32)44-39/h1-25H. The van der Waals surface area contributed by atoms with Crippen LogP contribution in [-0.2, 0) is 0 Å². The van der Waals surface area contributed by atoms with E-state index in [0.717, 1.165) is 44.1 Å². The van der Waals surface area contributed by atoms with E-state index >= 15 is 0 Å². The average molecular weight is 580 g/mol. The zero-order valence-corrected chi connectivity index (χ0v) is 24.5. The molecule has 206 valence electrons. The van der Waals surface area contributed by atoms with E-state index in [1.54, 1.807) is 11.3 Å². The highest BCUT2D eigenvalue weighted by molar-refractivity contribution is 7.26. The quantitative estimate of drug-likeness (QED) is 0.208. The molecule has 0 fully saturated rings. The van der Waals surface area contributed by atoms with Crippen LogP contribution in [0.4, 0.5) is 0 Å². The van der Waals surface area contributed by atoms with Crippen LogP contribution >= 0.6 is 11.3 Å². The second kappa shape index (κ2) is 10.0. The predicted octanol–water partition coefficient (Wildman–Crippen LogP) is 10.9. The van der Waals surface area contributed by atoms with Gasteiger partial charge in [0, 0.05) is 37.7 Å². The van der Waals surface area contributed by atoms with Gasteiger partial charge in [-0.05, 0) is 53.6 Å². The Morgan fingerprint density at radius 2 is 1.07 bits per heavy atom. The minimum Gasteiger partial charge on any atom is -0.309 e. The molecular formula is C40H25N3S. The topological polar surface area (TPSA) is 30.7 Å². The SMILES string of the molecule is c1ccc(-c2ccc(-n3c4ccccc4c4cc(-c5nc(-c6ccccc6)c6sc7ccccc7c6n5)ccc43)cc2)cc1. The van der Waals surface area contributed by atoms with Crippen LogP contribution in [-0.4, -0.2) is 14.5 Å². The second-order valence-corrected chi connectivity index (χ2v) is 12.1. The third-order valence-electron chi connectivity index (χ3n) is 8.43. The van der Waals surface area contributed by atoms with Crippen LogP contribution < -0.4 is 0 Å². The van der Waals surface area contributed by atoms with E-state index < -0.39 is 0 Å². The summed E-state index contributed by atoms with van der Waals surface area (Å²) in [6.07, 6.45) is 0. The number of hydrogen-bond acceptors (Lipinski definition) is 3. The summed E-state index contributed by atoms with van der Waals surface area (Å²) in [7, 11) is 0. The fraction of sp³-hybridized carbons (Fsp3) is 0. The highest BCUT2D eigenvalue weighted by atomic mass is 32.1. The van der Waals surface area contributed by atoms with Gasteiger partial charge in [-0.25, -0.2) is 9.97 Å². The molecular weight excluding hydrogens is 555 g/mol. The first-order valence-electron chi connectivity index (χ1n) is 14.8. The summed E-state index contributed by atoms with van der Waals surface area (Å²) in [6.45, 7) is 0. The van der Waals surface area contributed by atoms with Crippen molar-refractivity contribution in [3.8, 4) is 39.5 Å². The lowest BCUT2D eigenvalue weighted by atomic mass is 10.1. The molecule has 0 aliphatic carbocycles. The van der Waals surface area contributed by atoms with Crippen LogP contribution in [0.3, 0.4) is 0 Å². The summed E-state index contributed by atoms with van der Waals surface area (Å²) in [5.41, 5.74) is 10.0. The van der Waals surface area contributed by atoms with Gasteiger partial charge >= 0.3 is 0 Å². The molecule has 44 heavy (non-hydrogen) atoms. The molecule has 0 aliphatic rings. The molecule has 4 heteroatoms. The minimum atomic E-state index is 0.742. The third kappa shape index (κ3) is 3.96. The molecule has 0 radical (unpaired) electrons. The van der Waals surface area contributed by atoms with Crippen LogP contribution in [0.5, 0.6) is 0 Å². The summed E-state index contributed by atoms with van der Waals surface area (Å²) < 4.78 is 4.70. The lowest BCUT2D eigenvalue weighted by molar-refractivity contribution is 1.18. The average Bonchev–Trinajstić information content (AvgIpc) is 3.64. The van der Waals surface area contributed by atoms with Crippen LogP contribution in [0.25, 0.3) is 81.6 Å². The van der Waals surface area contributed by atoms with E-state index in [2.05, 4.69) is 150 Å². The number of rotatable bonds is 4. The van der Waals surface area contributed by atoms with E-state index in [0.29, 0.717) is 0 Å². The predicted molar refractivity (Wildman–Crippen MR) is 186 cm³/mol. The van der Waals surface area contributed by atoms with Crippen molar-refractivity contribution in [3.63, 3.8) is 0 Å². The number of aromatic nitrogens is 3. The Morgan fingerprint density at radius 3 is 1.86 bits per heavy atom. The highest BCUT2D eigenvalue weighted by Crippen LogP contribution is 2.40. The lowest BCUT2D eigenvalue weighted by Crippen LogP contribution is -1.95. The molecule has 0 N–H and O–H groups in total. The van der Waals surface area contributed by atoms with Crippen molar-refractivity contribution in [3.05, 3.63) is 152 Å². The number of thiophene rings is 1. The zero-order valence-electron chi connectivity index (χ0n) is 23.7. The molecule has 6 aromatic carbocycles. The Morgan fingerprint density at radius 1 is 0.455 bits per heavy atom. The molecule has 0 atom stereocenters. The van der Waals surface area contributed by atoms with Crippen molar-refractivity contribution in [2.24, 2.45) is 0 Å². The molecule has 0 saturated heterocycles. The van der Waals surface area contributed by atoms with Crippen LogP contribution in [0.15, 0.2) is 152 Å². The Labute approximate surface area is 258 Å². The van der Waals surface area contributed by atoms with Crippen LogP contribution in [0.1, 0.15) is 0 Å². The molecule has 0 aliphatic heterocycles. The molecule has 3 heterocycles. The molecule has 3 aromatic heterocycles. The van der Waals surface area contributed by atoms with E-state index in [4.69, 9.17) is 9.97 Å². The summed E-state index contributed by atoms with van der Waals surface area (Å²) >= 11 is 1.76. The maximum atomic E-state index is 5.22. The smallest absolute Gasteiger partial charge is 0.160 e. The van der Waals surface area contributed by atoms with Crippen molar-refractivity contribution in [1.82, 2.24) is 14.5 Å². The molecule has 3 nitrogen and oxygen atoms in total. The van der Waals surface area contributed by atoms with E-state index in [1.165, 1.54) is 37.5 Å². The van der Waals surface area contributed by atoms with Crippen LogP contribution in [0, 0.1) is 0 Å². The van der Waals surface area contributed by atoms with Gasteiger partial charge in [-0.3, -0.25) is 0 Å². The Kier molecular flexibility index (Phi) is 5.68. The van der Waals surface area contributed by atoms with Crippen molar-refractivity contribution in [2.45, 2.75) is 0 Å². The minimum absolute atomic E-state index is 0.742. The van der Waals surface area contributed by atoms with Gasteiger partial charge in [0.1, 0.15) is 0 Å². The van der Waals surface area contributed by atoms with E-state index in [9.17, 15) is 0 Å². The van der Waals surface area contributed by atoms with E-state index in [-0.39, 0.29) is 0 Å². The van der Waals surface area contributed by atoms with Gasteiger partial charge in [0.05, 0.1) is 26.9 Å². The maximum absolute atomic E-state index is 5.22. The first-order chi connectivity index (χ1) is 21.8. The van der Waals surface area contributed by atoms with Gasteiger partial charge in [-0.2, -0.15) is 0 Å². The van der Waals surface area contributed by atoms with Gasteiger partial charge in [0.15, 0.2) is 5.82 Å². The molecule has 0 unspecified atom stereocenters. The van der Waals surface area contributed by atoms with Gasteiger partial charge < -0.3 is 4.57 Å². The Hall–Kier alpha value is -5.58. The Balaban J connectivity index is 1.24. The van der Waals surface area contributed by atoms with Crippen molar-refractivity contribution in [1.29, 1.82) is 0 Å². The number of para-hydroxylation sites is 1. The van der Waals surface area contributed by atoms with E-state index in [1.807, 2.05) is 6.07 Å². The number of hydrogen-bond donors (Lipinski definition) is 0. The second-order valence-electron chi connectivity index (χ2n) is 11.0. The summed E-state index contributed by atoms with van der Waals surface area (Å²) in [4.78, 5) is 10.4. The third-order valence-corrected chi connectivity index (χ3v) is 9.60. The van der Waals surface area contributed by atoms with Gasteiger partial charge in [0.25, 0.3) is 0 Å². The number of fused-ring (bicyclic) bond motifs is 6. The highest BCUT2D eigenvalue weighted by Gasteiger charge is 2.18. The number of nitrogens with zero attached hydrogens (tertiary/aromatic N) is 3. The number of benzene rings is 6. The Bertz CT molecular complexity index is 2470. The van der Waals surface area contributed by atoms with Gasteiger partial charge in [0.2, 0.25) is 0 Å². The summed E-state index contributed by atoms with van der Waals surface area (Å²) in [5, 5.41) is 3.57. The van der Waals surface area contributed by atoms with Crippen LogP contribution in [0.2, 0.25) is 0 Å². The molecule has 0 saturated carbocycles. The lowest BCUT2D eigenvalue weighted by Gasteiger charge is -2.10. The van der Waals surface area contributed by atoms with Crippen molar-refractivity contribution >= 4 is 53.4 Å². The maximum Gasteiger partial charge on any atom is 0.160 e. The van der Waals surface area contributed by atoms with Crippen molar-refractivity contribution in [2.75, 3.05) is 0 Å². The first-order valence-corrected chi connectivity index (χ1v) is 15.6. The largest absolute Gasteiger partial charge is 0.309 e. The molecule has 0 spiro atoms. The molecule has 0 bridgehead atoms. The fourth-order valence-corrected chi connectivity index (χ4v) is 7.49. The monoisotopic (exact) mass is 579 g/mol. The molecule has 9 rings (SSSR count). The van der Waals surface area contributed by atoms with Gasteiger partial charge in [-0.15, -0.1) is 11.3 Å². The zero-order chi connectivity index (χ0) is 29.0. The first kappa shape index (κ1) is 25.0. The van der Waals surface area contributed by atoms with Crippen molar-refractivity contribution < 1.29 is 0 Å². The summed E-state index contributed by atoms with van der Waals surface area (Å²) in [6, 6.07) is 53.6. The molecule has 0 amide bonds. The normalized spacial score (nSPS) is 11.6. The fourth-order valence-electron chi connectivity index (χ4n) is 6.34. The van der Waals surface area contributed by atoms with Gasteiger partial charge in [-0.1, -0.05) is 109 Å². The summed E-state index contributed by atoms with van der Waals surface area (Å²) in [5.74, 6) is 0.742. The molecule has 9 aromatic rings.